The van der Waals surface area contributed by atoms with Gasteiger partial charge in [0.1, 0.15) is 0 Å². The van der Waals surface area contributed by atoms with Gasteiger partial charge in [0.05, 0.1) is 0 Å². The molecule has 2 aromatic rings. The molecule has 0 aliphatic carbocycles. The number of benzene rings is 1. The molecule has 1 aliphatic heterocycles. The zero-order valence-electron chi connectivity index (χ0n) is 9.17. The number of aromatic amines is 1. The average Bonchev–Trinajstić information content (AvgIpc) is 2.49. The third kappa shape index (κ3) is 1.29. The maximum atomic E-state index is 3.56. The van der Waals surface area contributed by atoms with Gasteiger partial charge in [-0.25, -0.2) is 0 Å². The van der Waals surface area contributed by atoms with Crippen molar-refractivity contribution in [3.63, 3.8) is 0 Å². The van der Waals surface area contributed by atoms with E-state index in [9.17, 15) is 0 Å². The van der Waals surface area contributed by atoms with Crippen LogP contribution in [-0.4, -0.2) is 11.0 Å². The zero-order chi connectivity index (χ0) is 10.4. The van der Waals surface area contributed by atoms with E-state index in [0.717, 1.165) is 0 Å². The number of hydrogen-bond acceptors (Lipinski definition) is 1. The SMILES string of the molecule is Cc1[nH]c2ccccc2c1C1CC(C)N1. The molecule has 78 valence electrons. The van der Waals surface area contributed by atoms with Crippen molar-refractivity contribution in [3.05, 3.63) is 35.5 Å². The Morgan fingerprint density at radius 1 is 1.27 bits per heavy atom. The first-order valence-corrected chi connectivity index (χ1v) is 5.59. The Bertz CT molecular complexity index is 492. The van der Waals surface area contributed by atoms with E-state index in [1.165, 1.54) is 28.6 Å². The van der Waals surface area contributed by atoms with Crippen LogP contribution in [0.1, 0.15) is 30.6 Å². The van der Waals surface area contributed by atoms with Crippen molar-refractivity contribution in [1.29, 1.82) is 0 Å². The lowest BCUT2D eigenvalue weighted by Crippen LogP contribution is -2.43. The molecular formula is C13H16N2. The summed E-state index contributed by atoms with van der Waals surface area (Å²) in [7, 11) is 0. The fourth-order valence-electron chi connectivity index (χ4n) is 2.62. The lowest BCUT2D eigenvalue weighted by atomic mass is 9.90. The summed E-state index contributed by atoms with van der Waals surface area (Å²) in [5, 5.41) is 4.93. The quantitative estimate of drug-likeness (QED) is 0.727. The molecule has 2 nitrogen and oxygen atoms in total. The molecular weight excluding hydrogens is 184 g/mol. The molecule has 1 fully saturated rings. The molecule has 0 bridgehead atoms. The van der Waals surface area contributed by atoms with Crippen molar-refractivity contribution in [3.8, 4) is 0 Å². The third-order valence-electron chi connectivity index (χ3n) is 3.37. The molecule has 2 atom stereocenters. The second-order valence-corrected chi connectivity index (χ2v) is 4.57. The minimum atomic E-state index is 0.552. The van der Waals surface area contributed by atoms with E-state index in [0.29, 0.717) is 12.1 Å². The van der Waals surface area contributed by atoms with Crippen LogP contribution in [0, 0.1) is 6.92 Å². The predicted octanol–water partition coefficient (Wildman–Crippen LogP) is 2.90. The monoisotopic (exact) mass is 200 g/mol. The second-order valence-electron chi connectivity index (χ2n) is 4.57. The first-order valence-electron chi connectivity index (χ1n) is 5.59. The van der Waals surface area contributed by atoms with Crippen LogP contribution in [0.15, 0.2) is 24.3 Å². The van der Waals surface area contributed by atoms with E-state index in [4.69, 9.17) is 0 Å². The summed E-state index contributed by atoms with van der Waals surface area (Å²) in [4.78, 5) is 3.45. The first-order chi connectivity index (χ1) is 7.25. The topological polar surface area (TPSA) is 27.8 Å². The highest BCUT2D eigenvalue weighted by atomic mass is 15.0. The molecule has 1 aromatic carbocycles. The van der Waals surface area contributed by atoms with E-state index in [2.05, 4.69) is 48.4 Å². The summed E-state index contributed by atoms with van der Waals surface area (Å²) in [6, 6.07) is 9.77. The summed E-state index contributed by atoms with van der Waals surface area (Å²) >= 11 is 0. The molecule has 3 rings (SSSR count). The Morgan fingerprint density at radius 3 is 2.73 bits per heavy atom. The number of aromatic nitrogens is 1. The van der Waals surface area contributed by atoms with Gasteiger partial charge >= 0.3 is 0 Å². The van der Waals surface area contributed by atoms with Crippen molar-refractivity contribution in [1.82, 2.24) is 10.3 Å². The molecule has 2 heterocycles. The van der Waals surface area contributed by atoms with Gasteiger partial charge in [-0.15, -0.1) is 0 Å². The normalized spacial score (nSPS) is 25.5. The molecule has 2 unspecified atom stereocenters. The van der Waals surface area contributed by atoms with Crippen LogP contribution in [0.3, 0.4) is 0 Å². The van der Waals surface area contributed by atoms with E-state index in [-0.39, 0.29) is 0 Å². The third-order valence-corrected chi connectivity index (χ3v) is 3.37. The smallest absolute Gasteiger partial charge is 0.0459 e. The number of fused-ring (bicyclic) bond motifs is 1. The van der Waals surface area contributed by atoms with Gasteiger partial charge in [0.2, 0.25) is 0 Å². The summed E-state index contributed by atoms with van der Waals surface area (Å²) in [5.41, 5.74) is 4.02. The molecule has 2 heteroatoms. The second kappa shape index (κ2) is 3.11. The largest absolute Gasteiger partial charge is 0.358 e. The Morgan fingerprint density at radius 2 is 2.00 bits per heavy atom. The van der Waals surface area contributed by atoms with Gasteiger partial charge in [-0.05, 0) is 31.9 Å². The number of rotatable bonds is 1. The Labute approximate surface area is 89.7 Å². The molecule has 0 spiro atoms. The summed E-state index contributed by atoms with van der Waals surface area (Å²) < 4.78 is 0. The predicted molar refractivity (Wildman–Crippen MR) is 63.0 cm³/mol. The Hall–Kier alpha value is -1.28. The van der Waals surface area contributed by atoms with Gasteiger partial charge in [-0.2, -0.15) is 0 Å². The van der Waals surface area contributed by atoms with Crippen LogP contribution < -0.4 is 5.32 Å². The van der Waals surface area contributed by atoms with Gasteiger partial charge < -0.3 is 10.3 Å². The van der Waals surface area contributed by atoms with Crippen molar-refractivity contribution in [2.45, 2.75) is 32.4 Å². The van der Waals surface area contributed by atoms with E-state index < -0.39 is 0 Å². The van der Waals surface area contributed by atoms with Gasteiger partial charge in [0.25, 0.3) is 0 Å². The maximum absolute atomic E-state index is 3.56. The molecule has 0 saturated carbocycles. The van der Waals surface area contributed by atoms with Crippen LogP contribution in [0.5, 0.6) is 0 Å². The van der Waals surface area contributed by atoms with Gasteiger partial charge in [0, 0.05) is 28.7 Å². The highest BCUT2D eigenvalue weighted by Gasteiger charge is 2.28. The lowest BCUT2D eigenvalue weighted by molar-refractivity contribution is 0.288. The number of H-pyrrole nitrogens is 1. The van der Waals surface area contributed by atoms with Gasteiger partial charge in [-0.3, -0.25) is 0 Å². The zero-order valence-corrected chi connectivity index (χ0v) is 9.17. The van der Waals surface area contributed by atoms with Crippen LogP contribution >= 0.6 is 0 Å². The van der Waals surface area contributed by atoms with E-state index >= 15 is 0 Å². The molecule has 0 radical (unpaired) electrons. The fraction of sp³-hybridized carbons (Fsp3) is 0.385. The van der Waals surface area contributed by atoms with E-state index in [1.807, 2.05) is 0 Å². The molecule has 15 heavy (non-hydrogen) atoms. The van der Waals surface area contributed by atoms with Crippen LogP contribution in [0.4, 0.5) is 0 Å². The fourth-order valence-corrected chi connectivity index (χ4v) is 2.62. The van der Waals surface area contributed by atoms with Crippen molar-refractivity contribution < 1.29 is 0 Å². The summed E-state index contributed by atoms with van der Waals surface area (Å²) in [6.07, 6.45) is 1.25. The van der Waals surface area contributed by atoms with Crippen LogP contribution in [0.25, 0.3) is 10.9 Å². The van der Waals surface area contributed by atoms with Crippen molar-refractivity contribution >= 4 is 10.9 Å². The van der Waals surface area contributed by atoms with Gasteiger partial charge in [0.15, 0.2) is 0 Å². The molecule has 2 N–H and O–H groups in total. The number of aryl methyl sites for hydroxylation is 1. The lowest BCUT2D eigenvalue weighted by Gasteiger charge is -2.35. The van der Waals surface area contributed by atoms with Crippen LogP contribution in [-0.2, 0) is 0 Å². The first kappa shape index (κ1) is 8.98. The summed E-state index contributed by atoms with van der Waals surface area (Å²) in [5.74, 6) is 0. The van der Waals surface area contributed by atoms with Crippen molar-refractivity contribution in [2.24, 2.45) is 0 Å². The van der Waals surface area contributed by atoms with Crippen LogP contribution in [0.2, 0.25) is 0 Å². The summed E-state index contributed by atoms with van der Waals surface area (Å²) in [6.45, 7) is 4.40. The standard InChI is InChI=1S/C13H16N2/c1-8-7-12(14-8)13-9(2)15-11-6-4-3-5-10(11)13/h3-6,8,12,14-15H,7H2,1-2H3. The minimum Gasteiger partial charge on any atom is -0.358 e. The Kier molecular flexibility index (Phi) is 1.86. The highest BCUT2D eigenvalue weighted by molar-refractivity contribution is 5.85. The minimum absolute atomic E-state index is 0.552. The van der Waals surface area contributed by atoms with Gasteiger partial charge in [-0.1, -0.05) is 18.2 Å². The van der Waals surface area contributed by atoms with Crippen molar-refractivity contribution in [2.75, 3.05) is 0 Å². The number of para-hydroxylation sites is 1. The maximum Gasteiger partial charge on any atom is 0.0459 e. The number of hydrogen-bond donors (Lipinski definition) is 2. The number of nitrogens with one attached hydrogen (secondary N) is 2. The average molecular weight is 200 g/mol. The molecule has 1 aromatic heterocycles. The van der Waals surface area contributed by atoms with E-state index in [1.54, 1.807) is 0 Å². The Balaban J connectivity index is 2.12. The highest BCUT2D eigenvalue weighted by Crippen LogP contribution is 2.34. The molecule has 1 aliphatic rings. The molecule has 0 amide bonds. The molecule has 1 saturated heterocycles.